The van der Waals surface area contributed by atoms with Gasteiger partial charge in [0.2, 0.25) is 0 Å². The molecule has 1 heterocycles. The van der Waals surface area contributed by atoms with Crippen LogP contribution in [0, 0.1) is 0 Å². The first-order valence-electron chi connectivity index (χ1n) is 5.35. The van der Waals surface area contributed by atoms with Gasteiger partial charge in [-0.15, -0.1) is 5.10 Å². The Morgan fingerprint density at radius 1 is 1.44 bits per heavy atom. The van der Waals surface area contributed by atoms with Gasteiger partial charge in [-0.1, -0.05) is 19.8 Å². The predicted octanol–water partition coefficient (Wildman–Crippen LogP) is 1.95. The molecule has 0 saturated heterocycles. The molecule has 2 rings (SSSR count). The summed E-state index contributed by atoms with van der Waals surface area (Å²) in [6.45, 7) is 2.09. The SMILES string of the molecule is CCC1(c2nc(S(=O)(=O)Cl)n[nH]2)CCCC1. The van der Waals surface area contributed by atoms with E-state index in [1.807, 2.05) is 0 Å². The molecule has 0 aliphatic heterocycles. The van der Waals surface area contributed by atoms with Crippen LogP contribution in [0.15, 0.2) is 5.16 Å². The summed E-state index contributed by atoms with van der Waals surface area (Å²) >= 11 is 0. The largest absolute Gasteiger partial charge is 0.298 e. The summed E-state index contributed by atoms with van der Waals surface area (Å²) in [4.78, 5) is 4.02. The van der Waals surface area contributed by atoms with E-state index in [-0.39, 0.29) is 10.6 Å². The number of hydrogen-bond donors (Lipinski definition) is 1. The fourth-order valence-electron chi connectivity index (χ4n) is 2.40. The highest BCUT2D eigenvalue weighted by atomic mass is 35.7. The van der Waals surface area contributed by atoms with Crippen LogP contribution in [0.25, 0.3) is 0 Å². The number of halogens is 1. The molecule has 0 radical (unpaired) electrons. The van der Waals surface area contributed by atoms with Gasteiger partial charge in [0.15, 0.2) is 0 Å². The van der Waals surface area contributed by atoms with Gasteiger partial charge in [-0.05, 0) is 19.3 Å². The van der Waals surface area contributed by atoms with Crippen molar-refractivity contribution in [3.8, 4) is 0 Å². The first-order valence-corrected chi connectivity index (χ1v) is 7.66. The van der Waals surface area contributed by atoms with Crippen molar-refractivity contribution in [1.82, 2.24) is 15.2 Å². The molecule has 0 amide bonds. The molecule has 7 heteroatoms. The van der Waals surface area contributed by atoms with Gasteiger partial charge < -0.3 is 0 Å². The lowest BCUT2D eigenvalue weighted by molar-refractivity contribution is 0.399. The van der Waals surface area contributed by atoms with Crippen molar-refractivity contribution in [2.75, 3.05) is 0 Å². The molecule has 1 aromatic heterocycles. The molecule has 1 N–H and O–H groups in total. The third-order valence-corrected chi connectivity index (χ3v) is 4.46. The van der Waals surface area contributed by atoms with Crippen molar-refractivity contribution in [3.05, 3.63) is 5.82 Å². The Kier molecular flexibility index (Phi) is 2.96. The van der Waals surface area contributed by atoms with E-state index in [1.165, 1.54) is 0 Å². The first-order chi connectivity index (χ1) is 7.48. The maximum Gasteiger partial charge on any atom is 0.298 e. The average molecular weight is 264 g/mol. The maximum absolute atomic E-state index is 11.1. The van der Waals surface area contributed by atoms with E-state index in [1.54, 1.807) is 0 Å². The Balaban J connectivity index is 2.37. The van der Waals surface area contributed by atoms with Crippen LogP contribution < -0.4 is 0 Å². The molecule has 90 valence electrons. The molecule has 5 nitrogen and oxygen atoms in total. The van der Waals surface area contributed by atoms with E-state index in [0.29, 0.717) is 5.82 Å². The zero-order valence-corrected chi connectivity index (χ0v) is 10.6. The van der Waals surface area contributed by atoms with E-state index >= 15 is 0 Å². The molecular formula is C9H14ClN3O2S. The number of hydrogen-bond acceptors (Lipinski definition) is 4. The zero-order chi connectivity index (χ0) is 11.8. The number of aromatic nitrogens is 3. The molecule has 16 heavy (non-hydrogen) atoms. The summed E-state index contributed by atoms with van der Waals surface area (Å²) in [6.07, 6.45) is 5.29. The molecule has 0 spiro atoms. The topological polar surface area (TPSA) is 75.7 Å². The van der Waals surface area contributed by atoms with Crippen LogP contribution in [0.4, 0.5) is 0 Å². The minimum atomic E-state index is -3.83. The average Bonchev–Trinajstić information content (AvgIpc) is 2.86. The van der Waals surface area contributed by atoms with Gasteiger partial charge in [-0.2, -0.15) is 0 Å². The number of nitrogens with zero attached hydrogens (tertiary/aromatic N) is 2. The molecule has 0 aromatic carbocycles. The standard InChI is InChI=1S/C9H14ClN3O2S/c1-2-9(5-3-4-6-9)7-11-8(13-12-7)16(10,14)15/h2-6H2,1H3,(H,11,12,13). The van der Waals surface area contributed by atoms with Gasteiger partial charge in [0.25, 0.3) is 14.2 Å². The summed E-state index contributed by atoms with van der Waals surface area (Å²) in [6, 6.07) is 0. The normalized spacial score (nSPS) is 20.1. The van der Waals surface area contributed by atoms with E-state index in [4.69, 9.17) is 10.7 Å². The first kappa shape index (κ1) is 11.9. The van der Waals surface area contributed by atoms with Crippen LogP contribution in [0.3, 0.4) is 0 Å². The summed E-state index contributed by atoms with van der Waals surface area (Å²) in [5.41, 5.74) is -0.0349. The lowest BCUT2D eigenvalue weighted by atomic mass is 9.83. The highest BCUT2D eigenvalue weighted by Crippen LogP contribution is 2.42. The van der Waals surface area contributed by atoms with Crippen LogP contribution in [-0.4, -0.2) is 23.6 Å². The summed E-state index contributed by atoms with van der Waals surface area (Å²) in [7, 11) is 1.37. The van der Waals surface area contributed by atoms with Crippen LogP contribution in [-0.2, 0) is 14.5 Å². The van der Waals surface area contributed by atoms with Crippen molar-refractivity contribution >= 4 is 19.7 Å². The van der Waals surface area contributed by atoms with E-state index in [0.717, 1.165) is 32.1 Å². The lowest BCUT2D eigenvalue weighted by Crippen LogP contribution is -2.22. The molecule has 1 aliphatic rings. The van der Waals surface area contributed by atoms with Crippen LogP contribution in [0.2, 0.25) is 0 Å². The van der Waals surface area contributed by atoms with E-state index in [9.17, 15) is 8.42 Å². The molecule has 0 unspecified atom stereocenters. The Bertz CT molecular complexity index is 477. The quantitative estimate of drug-likeness (QED) is 0.846. The maximum atomic E-state index is 11.1. The molecule has 0 bridgehead atoms. The van der Waals surface area contributed by atoms with Crippen molar-refractivity contribution in [1.29, 1.82) is 0 Å². The van der Waals surface area contributed by atoms with Gasteiger partial charge in [-0.3, -0.25) is 5.10 Å². The van der Waals surface area contributed by atoms with Crippen LogP contribution in [0.5, 0.6) is 0 Å². The van der Waals surface area contributed by atoms with Crippen molar-refractivity contribution in [2.45, 2.75) is 49.6 Å². The smallest absolute Gasteiger partial charge is 0.261 e. The minimum absolute atomic E-state index is 0.0349. The van der Waals surface area contributed by atoms with Crippen molar-refractivity contribution < 1.29 is 8.42 Å². The van der Waals surface area contributed by atoms with Crippen molar-refractivity contribution in [2.24, 2.45) is 0 Å². The van der Waals surface area contributed by atoms with Gasteiger partial charge in [0.05, 0.1) is 0 Å². The number of rotatable bonds is 3. The van der Waals surface area contributed by atoms with E-state index in [2.05, 4.69) is 22.1 Å². The number of H-pyrrole nitrogens is 1. The lowest BCUT2D eigenvalue weighted by Gasteiger charge is -2.23. The Morgan fingerprint density at radius 2 is 2.06 bits per heavy atom. The minimum Gasteiger partial charge on any atom is -0.261 e. The molecule has 1 aliphatic carbocycles. The van der Waals surface area contributed by atoms with Gasteiger partial charge >= 0.3 is 0 Å². The fraction of sp³-hybridized carbons (Fsp3) is 0.778. The molecular weight excluding hydrogens is 250 g/mol. The Labute approximate surface area is 99.0 Å². The highest BCUT2D eigenvalue weighted by Gasteiger charge is 2.37. The second-order valence-corrected chi connectivity index (χ2v) is 6.71. The summed E-state index contributed by atoms with van der Waals surface area (Å²) in [5.74, 6) is 0.659. The third kappa shape index (κ3) is 1.96. The Morgan fingerprint density at radius 3 is 2.50 bits per heavy atom. The van der Waals surface area contributed by atoms with Gasteiger partial charge in [-0.25, -0.2) is 13.4 Å². The second kappa shape index (κ2) is 4.00. The van der Waals surface area contributed by atoms with Crippen LogP contribution in [0.1, 0.15) is 44.9 Å². The number of aromatic amines is 1. The summed E-state index contributed by atoms with van der Waals surface area (Å²) in [5, 5.41) is 6.07. The third-order valence-electron chi connectivity index (χ3n) is 3.42. The van der Waals surface area contributed by atoms with E-state index < -0.39 is 9.05 Å². The zero-order valence-electron chi connectivity index (χ0n) is 9.03. The second-order valence-electron chi connectivity index (χ2n) is 4.25. The molecule has 1 fully saturated rings. The highest BCUT2D eigenvalue weighted by molar-refractivity contribution is 8.13. The molecule has 0 atom stereocenters. The van der Waals surface area contributed by atoms with Gasteiger partial charge in [0, 0.05) is 16.1 Å². The molecule has 1 aromatic rings. The number of nitrogens with one attached hydrogen (secondary N) is 1. The fourth-order valence-corrected chi connectivity index (χ4v) is 2.96. The predicted molar refractivity (Wildman–Crippen MR) is 59.9 cm³/mol. The summed E-state index contributed by atoms with van der Waals surface area (Å²) < 4.78 is 22.1. The monoisotopic (exact) mass is 263 g/mol. The Hall–Kier alpha value is -0.620. The molecule has 1 saturated carbocycles. The van der Waals surface area contributed by atoms with Crippen LogP contribution >= 0.6 is 10.7 Å². The van der Waals surface area contributed by atoms with Crippen molar-refractivity contribution in [3.63, 3.8) is 0 Å². The van der Waals surface area contributed by atoms with Gasteiger partial charge in [0.1, 0.15) is 5.82 Å².